The van der Waals surface area contributed by atoms with Gasteiger partial charge in [0.05, 0.1) is 17.1 Å². The fourth-order valence-corrected chi connectivity index (χ4v) is 3.98. The molecule has 1 unspecified atom stereocenters. The SMILES string of the molecule is CCOC(=O)c1cc(F)cc(S(=O)(=O)N2CCCC(N)C2)c1.Cl. The lowest BCUT2D eigenvalue weighted by Crippen LogP contribution is -2.45. The summed E-state index contributed by atoms with van der Waals surface area (Å²) in [5.74, 6) is -1.56. The molecule has 0 spiro atoms. The van der Waals surface area contributed by atoms with Crippen molar-refractivity contribution in [1.82, 2.24) is 4.31 Å². The first kappa shape index (κ1) is 19.8. The van der Waals surface area contributed by atoms with Gasteiger partial charge in [-0.25, -0.2) is 17.6 Å². The summed E-state index contributed by atoms with van der Waals surface area (Å²) in [6, 6.07) is 2.76. The van der Waals surface area contributed by atoms with Crippen molar-refractivity contribution in [2.24, 2.45) is 5.73 Å². The lowest BCUT2D eigenvalue weighted by Gasteiger charge is -2.29. The highest BCUT2D eigenvalue weighted by Gasteiger charge is 2.30. The van der Waals surface area contributed by atoms with E-state index in [2.05, 4.69) is 0 Å². The predicted molar refractivity (Wildman–Crippen MR) is 85.6 cm³/mol. The third-order valence-electron chi connectivity index (χ3n) is 3.44. The summed E-state index contributed by atoms with van der Waals surface area (Å²) >= 11 is 0. The van der Waals surface area contributed by atoms with Crippen molar-refractivity contribution in [2.45, 2.75) is 30.7 Å². The summed E-state index contributed by atoms with van der Waals surface area (Å²) in [6.45, 7) is 2.26. The molecule has 0 saturated carbocycles. The van der Waals surface area contributed by atoms with Gasteiger partial charge in [-0.15, -0.1) is 12.4 Å². The van der Waals surface area contributed by atoms with Crippen LogP contribution in [0.2, 0.25) is 0 Å². The fraction of sp³-hybridized carbons (Fsp3) is 0.500. The number of hydrogen-bond donors (Lipinski definition) is 1. The highest BCUT2D eigenvalue weighted by Crippen LogP contribution is 2.22. The van der Waals surface area contributed by atoms with Gasteiger partial charge in [0.25, 0.3) is 0 Å². The zero-order valence-electron chi connectivity index (χ0n) is 12.7. The van der Waals surface area contributed by atoms with E-state index in [4.69, 9.17) is 10.5 Å². The third kappa shape index (κ3) is 4.63. The number of nitrogens with two attached hydrogens (primary N) is 1. The Morgan fingerprint density at radius 2 is 2.13 bits per heavy atom. The van der Waals surface area contributed by atoms with Crippen LogP contribution < -0.4 is 5.73 Å². The van der Waals surface area contributed by atoms with Gasteiger partial charge in [-0.05, 0) is 38.0 Å². The minimum absolute atomic E-state index is 0. The quantitative estimate of drug-likeness (QED) is 0.816. The first-order chi connectivity index (χ1) is 10.3. The second kappa shape index (κ2) is 8.05. The van der Waals surface area contributed by atoms with Crippen LogP contribution in [-0.2, 0) is 14.8 Å². The zero-order chi connectivity index (χ0) is 16.3. The normalized spacial score (nSPS) is 19.0. The molecule has 1 aromatic carbocycles. The Balaban J connectivity index is 0.00000264. The van der Waals surface area contributed by atoms with E-state index in [-0.39, 0.29) is 42.1 Å². The predicted octanol–water partition coefficient (Wildman–Crippen LogP) is 1.54. The van der Waals surface area contributed by atoms with Gasteiger partial charge >= 0.3 is 5.97 Å². The van der Waals surface area contributed by atoms with Crippen LogP contribution in [0.4, 0.5) is 4.39 Å². The van der Waals surface area contributed by atoms with Crippen molar-refractivity contribution in [1.29, 1.82) is 0 Å². The molecule has 1 heterocycles. The zero-order valence-corrected chi connectivity index (χ0v) is 14.3. The van der Waals surface area contributed by atoms with Crippen molar-refractivity contribution in [3.05, 3.63) is 29.6 Å². The molecule has 1 aliphatic heterocycles. The molecule has 1 fully saturated rings. The average molecular weight is 367 g/mol. The number of ether oxygens (including phenoxy) is 1. The van der Waals surface area contributed by atoms with Crippen molar-refractivity contribution < 1.29 is 22.3 Å². The van der Waals surface area contributed by atoms with E-state index in [1.54, 1.807) is 6.92 Å². The Bertz CT molecular complexity index is 669. The lowest BCUT2D eigenvalue weighted by atomic mass is 10.1. The van der Waals surface area contributed by atoms with Crippen LogP contribution in [0.25, 0.3) is 0 Å². The van der Waals surface area contributed by atoms with E-state index in [1.807, 2.05) is 0 Å². The molecule has 1 aliphatic rings. The molecule has 0 aromatic heterocycles. The minimum Gasteiger partial charge on any atom is -0.462 e. The van der Waals surface area contributed by atoms with Gasteiger partial charge in [-0.1, -0.05) is 0 Å². The molecule has 0 aliphatic carbocycles. The number of piperidine rings is 1. The number of sulfonamides is 1. The van der Waals surface area contributed by atoms with E-state index in [1.165, 1.54) is 4.31 Å². The number of carbonyl (C=O) groups excluding carboxylic acids is 1. The van der Waals surface area contributed by atoms with Crippen LogP contribution in [0.3, 0.4) is 0 Å². The van der Waals surface area contributed by atoms with Gasteiger partial charge in [-0.2, -0.15) is 4.31 Å². The van der Waals surface area contributed by atoms with Crippen LogP contribution >= 0.6 is 12.4 Å². The Morgan fingerprint density at radius 1 is 1.43 bits per heavy atom. The number of esters is 1. The number of halogens is 2. The Labute approximate surface area is 141 Å². The smallest absolute Gasteiger partial charge is 0.338 e. The number of benzene rings is 1. The van der Waals surface area contributed by atoms with Crippen LogP contribution in [0.1, 0.15) is 30.1 Å². The van der Waals surface area contributed by atoms with Crippen LogP contribution in [0.15, 0.2) is 23.1 Å². The van der Waals surface area contributed by atoms with Gasteiger partial charge in [0.2, 0.25) is 10.0 Å². The van der Waals surface area contributed by atoms with Gasteiger partial charge < -0.3 is 10.5 Å². The molecule has 1 atom stereocenters. The van der Waals surface area contributed by atoms with Crippen molar-refractivity contribution in [3.63, 3.8) is 0 Å². The summed E-state index contributed by atoms with van der Waals surface area (Å²) in [5.41, 5.74) is 5.67. The van der Waals surface area contributed by atoms with Crippen molar-refractivity contribution >= 4 is 28.4 Å². The molecule has 23 heavy (non-hydrogen) atoms. The molecule has 0 amide bonds. The highest BCUT2D eigenvalue weighted by atomic mass is 35.5. The second-order valence-electron chi connectivity index (χ2n) is 5.16. The molecular weight excluding hydrogens is 347 g/mol. The average Bonchev–Trinajstić information content (AvgIpc) is 2.47. The second-order valence-corrected chi connectivity index (χ2v) is 7.10. The molecule has 2 rings (SSSR count). The molecule has 0 bridgehead atoms. The van der Waals surface area contributed by atoms with Crippen molar-refractivity contribution in [3.8, 4) is 0 Å². The van der Waals surface area contributed by atoms with Crippen LogP contribution in [-0.4, -0.2) is 44.4 Å². The Hall–Kier alpha value is -1.22. The standard InChI is InChI=1S/C14H19FN2O4S.ClH/c1-2-21-14(18)10-6-11(15)8-13(7-10)22(19,20)17-5-3-4-12(16)9-17;/h6-8,12H,2-5,9,16H2,1H3;1H. The molecule has 2 N–H and O–H groups in total. The van der Waals surface area contributed by atoms with E-state index in [0.29, 0.717) is 13.0 Å². The van der Waals surface area contributed by atoms with Crippen LogP contribution in [0.5, 0.6) is 0 Å². The molecule has 130 valence electrons. The van der Waals surface area contributed by atoms with Gasteiger partial charge in [0, 0.05) is 19.1 Å². The molecular formula is C14H20ClFN2O4S. The first-order valence-corrected chi connectivity index (χ1v) is 8.52. The Morgan fingerprint density at radius 3 is 2.74 bits per heavy atom. The first-order valence-electron chi connectivity index (χ1n) is 7.08. The molecule has 0 radical (unpaired) electrons. The maximum absolute atomic E-state index is 13.7. The Kier molecular flexibility index (Phi) is 6.94. The summed E-state index contributed by atoms with van der Waals surface area (Å²) in [6.07, 6.45) is 1.41. The number of rotatable bonds is 4. The topological polar surface area (TPSA) is 89.7 Å². The monoisotopic (exact) mass is 366 g/mol. The number of carbonyl (C=O) groups is 1. The van der Waals surface area contributed by atoms with E-state index in [9.17, 15) is 17.6 Å². The summed E-state index contributed by atoms with van der Waals surface area (Å²) < 4.78 is 44.8. The summed E-state index contributed by atoms with van der Waals surface area (Å²) in [5, 5.41) is 0. The summed E-state index contributed by atoms with van der Waals surface area (Å²) in [4.78, 5) is 11.4. The maximum Gasteiger partial charge on any atom is 0.338 e. The largest absolute Gasteiger partial charge is 0.462 e. The third-order valence-corrected chi connectivity index (χ3v) is 5.28. The maximum atomic E-state index is 13.7. The van der Waals surface area contributed by atoms with E-state index < -0.39 is 21.8 Å². The van der Waals surface area contributed by atoms with E-state index >= 15 is 0 Å². The lowest BCUT2D eigenvalue weighted by molar-refractivity contribution is 0.0525. The van der Waals surface area contributed by atoms with Crippen molar-refractivity contribution in [2.75, 3.05) is 19.7 Å². The van der Waals surface area contributed by atoms with E-state index in [0.717, 1.165) is 24.6 Å². The highest BCUT2D eigenvalue weighted by molar-refractivity contribution is 7.89. The number of nitrogens with zero attached hydrogens (tertiary/aromatic N) is 1. The molecule has 9 heteroatoms. The van der Waals surface area contributed by atoms with Gasteiger partial charge in [0.1, 0.15) is 5.82 Å². The number of hydrogen-bond acceptors (Lipinski definition) is 5. The molecule has 1 aromatic rings. The molecule has 1 saturated heterocycles. The molecule has 6 nitrogen and oxygen atoms in total. The minimum atomic E-state index is -3.88. The summed E-state index contributed by atoms with van der Waals surface area (Å²) in [7, 11) is -3.88. The fourth-order valence-electron chi connectivity index (χ4n) is 2.39. The van der Waals surface area contributed by atoms with Crippen LogP contribution in [0, 0.1) is 5.82 Å². The van der Waals surface area contributed by atoms with Gasteiger partial charge in [-0.3, -0.25) is 0 Å². The van der Waals surface area contributed by atoms with Gasteiger partial charge in [0.15, 0.2) is 0 Å².